The fourth-order valence-electron chi connectivity index (χ4n) is 2.54. The molecule has 0 aromatic carbocycles. The number of aromatic nitrogens is 2. The van der Waals surface area contributed by atoms with Crippen LogP contribution in [-0.2, 0) is 12.8 Å². The van der Waals surface area contributed by atoms with Crippen LogP contribution in [-0.4, -0.2) is 16.0 Å². The van der Waals surface area contributed by atoms with Crippen molar-refractivity contribution in [2.45, 2.75) is 52.0 Å². The molecule has 0 fully saturated rings. The number of nitrogens with one attached hydrogen (secondary N) is 1. The Morgan fingerprint density at radius 1 is 1.32 bits per heavy atom. The number of fused-ring (bicyclic) bond motifs is 3. The van der Waals surface area contributed by atoms with Gasteiger partial charge in [0.15, 0.2) is 0 Å². The summed E-state index contributed by atoms with van der Waals surface area (Å²) in [6.07, 6.45) is 7.84. The number of hydrogen-bond acceptors (Lipinski definition) is 4. The summed E-state index contributed by atoms with van der Waals surface area (Å²) >= 11 is 1.86. The van der Waals surface area contributed by atoms with Gasteiger partial charge in [-0.2, -0.15) is 0 Å². The van der Waals surface area contributed by atoms with Gasteiger partial charge in [-0.1, -0.05) is 6.92 Å². The van der Waals surface area contributed by atoms with Crippen molar-refractivity contribution < 1.29 is 0 Å². The molecular weight excluding hydrogens is 278 g/mol. The molecule has 1 unspecified atom stereocenters. The third-order valence-electron chi connectivity index (χ3n) is 3.75. The molecule has 1 atom stereocenters. The zero-order valence-corrected chi connectivity index (χ0v) is 13.0. The van der Waals surface area contributed by atoms with Crippen LogP contribution < -0.4 is 5.32 Å². The van der Waals surface area contributed by atoms with E-state index in [9.17, 15) is 0 Å². The Hall–Kier alpha value is -0.870. The summed E-state index contributed by atoms with van der Waals surface area (Å²) in [5, 5.41) is 4.82. The maximum Gasteiger partial charge on any atom is 0.138 e. The first-order valence-electron chi connectivity index (χ1n) is 6.81. The molecule has 0 amide bonds. The van der Waals surface area contributed by atoms with Crippen LogP contribution in [0.3, 0.4) is 0 Å². The predicted molar refractivity (Wildman–Crippen MR) is 84.7 cm³/mol. The summed E-state index contributed by atoms with van der Waals surface area (Å²) in [6, 6.07) is 0.460. The van der Waals surface area contributed by atoms with Crippen LogP contribution in [0.15, 0.2) is 6.33 Å². The van der Waals surface area contributed by atoms with Crippen molar-refractivity contribution in [3.8, 4) is 0 Å². The Balaban J connectivity index is 0.00000133. The van der Waals surface area contributed by atoms with Crippen LogP contribution in [0, 0.1) is 0 Å². The standard InChI is InChI=1S/C14H19N3S.ClH/c1-3-9(2)17-13-12-10-6-4-5-7-11(10)18-14(12)16-8-15-13;/h8-9H,3-7H2,1-2H3,(H,15,16,17);1H. The van der Waals surface area contributed by atoms with Crippen LogP contribution in [0.4, 0.5) is 5.82 Å². The summed E-state index contributed by atoms with van der Waals surface area (Å²) in [4.78, 5) is 11.6. The average Bonchev–Trinajstić information content (AvgIpc) is 2.78. The van der Waals surface area contributed by atoms with Crippen molar-refractivity contribution in [1.82, 2.24) is 9.97 Å². The van der Waals surface area contributed by atoms with Gasteiger partial charge in [-0.05, 0) is 44.6 Å². The van der Waals surface area contributed by atoms with E-state index in [1.807, 2.05) is 11.3 Å². The molecule has 1 aliphatic rings. The second-order valence-corrected chi connectivity index (χ2v) is 6.15. The zero-order chi connectivity index (χ0) is 12.5. The molecule has 104 valence electrons. The van der Waals surface area contributed by atoms with Gasteiger partial charge >= 0.3 is 0 Å². The minimum Gasteiger partial charge on any atom is -0.367 e. The van der Waals surface area contributed by atoms with Crippen LogP contribution >= 0.6 is 23.7 Å². The highest BCUT2D eigenvalue weighted by Gasteiger charge is 2.20. The molecule has 0 bridgehead atoms. The molecule has 1 N–H and O–H groups in total. The predicted octanol–water partition coefficient (Wildman–Crippen LogP) is 4.20. The van der Waals surface area contributed by atoms with Crippen molar-refractivity contribution in [3.63, 3.8) is 0 Å². The number of aryl methyl sites for hydroxylation is 2. The molecule has 1 aliphatic carbocycles. The first kappa shape index (κ1) is 14.5. The Labute approximate surface area is 124 Å². The van der Waals surface area contributed by atoms with E-state index in [1.165, 1.54) is 41.5 Å². The molecule has 19 heavy (non-hydrogen) atoms. The lowest BCUT2D eigenvalue weighted by Crippen LogP contribution is -2.15. The van der Waals surface area contributed by atoms with E-state index in [-0.39, 0.29) is 12.4 Å². The Morgan fingerprint density at radius 2 is 2.11 bits per heavy atom. The maximum absolute atomic E-state index is 4.46. The van der Waals surface area contributed by atoms with E-state index in [0.29, 0.717) is 6.04 Å². The maximum atomic E-state index is 4.46. The van der Waals surface area contributed by atoms with Crippen LogP contribution in [0.25, 0.3) is 10.2 Å². The minimum absolute atomic E-state index is 0. The molecule has 0 aliphatic heterocycles. The van der Waals surface area contributed by atoms with E-state index in [4.69, 9.17) is 0 Å². The number of rotatable bonds is 3. The van der Waals surface area contributed by atoms with E-state index in [2.05, 4.69) is 29.1 Å². The smallest absolute Gasteiger partial charge is 0.138 e. The van der Waals surface area contributed by atoms with Gasteiger partial charge in [-0.25, -0.2) is 9.97 Å². The summed E-state index contributed by atoms with van der Waals surface area (Å²) in [7, 11) is 0. The highest BCUT2D eigenvalue weighted by molar-refractivity contribution is 7.19. The molecule has 5 heteroatoms. The van der Waals surface area contributed by atoms with Gasteiger partial charge in [0.2, 0.25) is 0 Å². The number of nitrogens with zero attached hydrogens (tertiary/aromatic N) is 2. The van der Waals surface area contributed by atoms with Crippen LogP contribution in [0.1, 0.15) is 43.6 Å². The van der Waals surface area contributed by atoms with E-state index in [0.717, 1.165) is 17.1 Å². The van der Waals surface area contributed by atoms with E-state index < -0.39 is 0 Å². The lowest BCUT2D eigenvalue weighted by atomic mass is 9.97. The number of hydrogen-bond donors (Lipinski definition) is 1. The third kappa shape index (κ3) is 2.70. The lowest BCUT2D eigenvalue weighted by Gasteiger charge is -2.15. The fraction of sp³-hybridized carbons (Fsp3) is 0.571. The summed E-state index contributed by atoms with van der Waals surface area (Å²) in [5.74, 6) is 1.04. The molecule has 2 aromatic rings. The van der Waals surface area contributed by atoms with E-state index in [1.54, 1.807) is 6.33 Å². The number of anilines is 1. The highest BCUT2D eigenvalue weighted by atomic mass is 35.5. The van der Waals surface area contributed by atoms with Crippen LogP contribution in [0.5, 0.6) is 0 Å². The first-order valence-corrected chi connectivity index (χ1v) is 7.63. The van der Waals surface area contributed by atoms with Crippen molar-refractivity contribution in [3.05, 3.63) is 16.8 Å². The van der Waals surface area contributed by atoms with Crippen molar-refractivity contribution >= 4 is 39.8 Å². The largest absolute Gasteiger partial charge is 0.367 e. The molecule has 0 radical (unpaired) electrons. The lowest BCUT2D eigenvalue weighted by molar-refractivity contribution is 0.700. The van der Waals surface area contributed by atoms with Crippen molar-refractivity contribution in [2.75, 3.05) is 5.32 Å². The fourth-order valence-corrected chi connectivity index (χ4v) is 3.76. The Morgan fingerprint density at radius 3 is 2.89 bits per heavy atom. The number of halogens is 1. The first-order chi connectivity index (χ1) is 8.79. The number of thiophene rings is 1. The van der Waals surface area contributed by atoms with Gasteiger partial charge in [-0.3, -0.25) is 0 Å². The molecule has 3 rings (SSSR count). The second kappa shape index (κ2) is 6.06. The minimum atomic E-state index is 0. The van der Waals surface area contributed by atoms with Gasteiger partial charge in [0.1, 0.15) is 17.0 Å². The molecule has 0 saturated carbocycles. The Bertz CT molecular complexity index is 567. The molecule has 0 saturated heterocycles. The van der Waals surface area contributed by atoms with Crippen molar-refractivity contribution in [1.29, 1.82) is 0 Å². The summed E-state index contributed by atoms with van der Waals surface area (Å²) < 4.78 is 0. The van der Waals surface area contributed by atoms with Gasteiger partial charge in [0, 0.05) is 10.9 Å². The monoisotopic (exact) mass is 297 g/mol. The average molecular weight is 298 g/mol. The molecular formula is C14H20ClN3S. The summed E-state index contributed by atoms with van der Waals surface area (Å²) in [6.45, 7) is 4.39. The normalized spacial score (nSPS) is 15.7. The summed E-state index contributed by atoms with van der Waals surface area (Å²) in [5.41, 5.74) is 1.51. The Kier molecular flexibility index (Phi) is 4.63. The van der Waals surface area contributed by atoms with Gasteiger partial charge in [0.25, 0.3) is 0 Å². The topological polar surface area (TPSA) is 37.8 Å². The van der Waals surface area contributed by atoms with Gasteiger partial charge in [-0.15, -0.1) is 23.7 Å². The molecule has 0 spiro atoms. The molecule has 3 nitrogen and oxygen atoms in total. The third-order valence-corrected chi connectivity index (χ3v) is 4.95. The van der Waals surface area contributed by atoms with Gasteiger partial charge in [0.05, 0.1) is 5.39 Å². The SMILES string of the molecule is CCC(C)Nc1ncnc2sc3c(c12)CCCC3.Cl. The highest BCUT2D eigenvalue weighted by Crippen LogP contribution is 2.38. The van der Waals surface area contributed by atoms with E-state index >= 15 is 0 Å². The zero-order valence-electron chi connectivity index (χ0n) is 11.4. The second-order valence-electron chi connectivity index (χ2n) is 5.07. The molecule has 2 aromatic heterocycles. The van der Waals surface area contributed by atoms with Crippen molar-refractivity contribution in [2.24, 2.45) is 0 Å². The van der Waals surface area contributed by atoms with Gasteiger partial charge < -0.3 is 5.32 Å². The molecule has 2 heterocycles. The quantitative estimate of drug-likeness (QED) is 0.922. The van der Waals surface area contributed by atoms with Crippen LogP contribution in [0.2, 0.25) is 0 Å².